The number of nitrogens with two attached hydrogens (primary N) is 1. The van der Waals surface area contributed by atoms with Gasteiger partial charge in [0, 0.05) is 10.4 Å². The van der Waals surface area contributed by atoms with Crippen LogP contribution in [0.5, 0.6) is 0 Å². The van der Waals surface area contributed by atoms with Gasteiger partial charge in [-0.25, -0.2) is 0 Å². The fourth-order valence-corrected chi connectivity index (χ4v) is 4.17. The third-order valence-electron chi connectivity index (χ3n) is 4.54. The lowest BCUT2D eigenvalue weighted by atomic mass is 9.72. The van der Waals surface area contributed by atoms with E-state index in [-0.39, 0.29) is 5.54 Å². The van der Waals surface area contributed by atoms with E-state index >= 15 is 0 Å². The Morgan fingerprint density at radius 2 is 1.79 bits per heavy atom. The molecule has 19 heavy (non-hydrogen) atoms. The summed E-state index contributed by atoms with van der Waals surface area (Å²) in [5, 5.41) is 2.17. The van der Waals surface area contributed by atoms with E-state index in [0.29, 0.717) is 5.92 Å². The van der Waals surface area contributed by atoms with E-state index in [1.807, 2.05) is 11.3 Å². The molecule has 2 heteroatoms. The van der Waals surface area contributed by atoms with Crippen molar-refractivity contribution in [1.29, 1.82) is 0 Å². The van der Waals surface area contributed by atoms with Crippen molar-refractivity contribution in [1.82, 2.24) is 0 Å². The van der Waals surface area contributed by atoms with Gasteiger partial charge < -0.3 is 5.73 Å². The largest absolute Gasteiger partial charge is 0.321 e. The topological polar surface area (TPSA) is 26.0 Å². The molecule has 1 nitrogen and oxygen atoms in total. The molecule has 0 atom stereocenters. The van der Waals surface area contributed by atoms with Crippen LogP contribution in [0.3, 0.4) is 0 Å². The summed E-state index contributed by atoms with van der Waals surface area (Å²) in [6.45, 7) is 2.19. The van der Waals surface area contributed by atoms with E-state index in [2.05, 4.69) is 48.7 Å². The van der Waals surface area contributed by atoms with Crippen LogP contribution in [-0.4, -0.2) is 0 Å². The summed E-state index contributed by atoms with van der Waals surface area (Å²) < 4.78 is 0. The summed E-state index contributed by atoms with van der Waals surface area (Å²) in [7, 11) is 0. The van der Waals surface area contributed by atoms with Gasteiger partial charge in [0.1, 0.15) is 0 Å². The molecule has 1 aliphatic rings. The minimum absolute atomic E-state index is 0.0879. The van der Waals surface area contributed by atoms with Gasteiger partial charge in [0.2, 0.25) is 0 Å². The Morgan fingerprint density at radius 3 is 2.37 bits per heavy atom. The van der Waals surface area contributed by atoms with Gasteiger partial charge in [-0.3, -0.25) is 0 Å². The predicted molar refractivity (Wildman–Crippen MR) is 82.6 cm³/mol. The highest BCUT2D eigenvalue weighted by atomic mass is 32.1. The SMILES string of the molecule is Cc1sccc1C1(N)CCC(c2ccccc2)CC1. The van der Waals surface area contributed by atoms with E-state index < -0.39 is 0 Å². The molecule has 0 aliphatic heterocycles. The predicted octanol–water partition coefficient (Wildman–Crippen LogP) is 4.57. The number of rotatable bonds is 2. The van der Waals surface area contributed by atoms with Crippen LogP contribution in [0.25, 0.3) is 0 Å². The van der Waals surface area contributed by atoms with Crippen molar-refractivity contribution < 1.29 is 0 Å². The molecule has 2 aromatic rings. The van der Waals surface area contributed by atoms with Crippen molar-refractivity contribution >= 4 is 11.3 Å². The van der Waals surface area contributed by atoms with Gasteiger partial charge >= 0.3 is 0 Å². The molecule has 1 heterocycles. The maximum Gasteiger partial charge on any atom is 0.0421 e. The molecule has 0 amide bonds. The molecule has 1 saturated carbocycles. The van der Waals surface area contributed by atoms with Crippen LogP contribution in [0.1, 0.15) is 47.6 Å². The Labute approximate surface area is 119 Å². The highest BCUT2D eigenvalue weighted by Crippen LogP contribution is 2.43. The Hall–Kier alpha value is -1.12. The average molecular weight is 271 g/mol. The molecule has 3 rings (SSSR count). The first-order valence-corrected chi connectivity index (χ1v) is 7.95. The second-order valence-electron chi connectivity index (χ2n) is 5.73. The van der Waals surface area contributed by atoms with Gasteiger partial charge in [0.15, 0.2) is 0 Å². The summed E-state index contributed by atoms with van der Waals surface area (Å²) in [6, 6.07) is 13.1. The normalized spacial score (nSPS) is 27.4. The lowest BCUT2D eigenvalue weighted by Gasteiger charge is -2.37. The average Bonchev–Trinajstić information content (AvgIpc) is 2.88. The number of benzene rings is 1. The Balaban J connectivity index is 1.75. The molecule has 2 N–H and O–H groups in total. The third kappa shape index (κ3) is 2.47. The molecular formula is C17H21NS. The zero-order valence-electron chi connectivity index (χ0n) is 11.4. The lowest BCUT2D eigenvalue weighted by molar-refractivity contribution is 0.277. The quantitative estimate of drug-likeness (QED) is 0.851. The molecule has 0 bridgehead atoms. The summed E-state index contributed by atoms with van der Waals surface area (Å²) in [5.41, 5.74) is 9.44. The van der Waals surface area contributed by atoms with E-state index in [0.717, 1.165) is 12.8 Å². The summed E-state index contributed by atoms with van der Waals surface area (Å²) >= 11 is 1.81. The maximum atomic E-state index is 6.67. The number of aryl methyl sites for hydroxylation is 1. The fourth-order valence-electron chi connectivity index (χ4n) is 3.36. The van der Waals surface area contributed by atoms with Crippen molar-refractivity contribution in [3.63, 3.8) is 0 Å². The fraction of sp³-hybridized carbons (Fsp3) is 0.412. The zero-order chi connectivity index (χ0) is 13.3. The van der Waals surface area contributed by atoms with E-state index in [1.165, 1.54) is 28.8 Å². The van der Waals surface area contributed by atoms with Crippen molar-refractivity contribution in [2.75, 3.05) is 0 Å². The second-order valence-corrected chi connectivity index (χ2v) is 6.85. The third-order valence-corrected chi connectivity index (χ3v) is 5.39. The van der Waals surface area contributed by atoms with Crippen molar-refractivity contribution in [3.8, 4) is 0 Å². The van der Waals surface area contributed by atoms with E-state index in [4.69, 9.17) is 5.73 Å². The second kappa shape index (κ2) is 5.10. The Morgan fingerprint density at radius 1 is 1.11 bits per heavy atom. The van der Waals surface area contributed by atoms with Gasteiger partial charge in [0.05, 0.1) is 0 Å². The molecule has 1 aromatic carbocycles. The number of hydrogen-bond donors (Lipinski definition) is 1. The van der Waals surface area contributed by atoms with Gasteiger partial charge in [-0.05, 0) is 61.1 Å². The molecule has 0 spiro atoms. The van der Waals surface area contributed by atoms with Gasteiger partial charge in [-0.1, -0.05) is 30.3 Å². The first kappa shape index (κ1) is 12.9. The summed E-state index contributed by atoms with van der Waals surface area (Å²) in [5.74, 6) is 0.691. The molecule has 1 fully saturated rings. The first-order valence-electron chi connectivity index (χ1n) is 7.07. The van der Waals surface area contributed by atoms with Crippen LogP contribution < -0.4 is 5.73 Å². The van der Waals surface area contributed by atoms with Crippen LogP contribution in [0.2, 0.25) is 0 Å². The highest BCUT2D eigenvalue weighted by molar-refractivity contribution is 7.10. The van der Waals surface area contributed by atoms with Gasteiger partial charge in [-0.2, -0.15) is 0 Å². The van der Waals surface area contributed by atoms with Crippen LogP contribution in [0.4, 0.5) is 0 Å². The monoisotopic (exact) mass is 271 g/mol. The zero-order valence-corrected chi connectivity index (χ0v) is 12.2. The van der Waals surface area contributed by atoms with E-state index in [1.54, 1.807) is 0 Å². The van der Waals surface area contributed by atoms with Crippen LogP contribution in [-0.2, 0) is 5.54 Å². The molecule has 1 aromatic heterocycles. The Kier molecular flexibility index (Phi) is 3.46. The van der Waals surface area contributed by atoms with Crippen molar-refractivity contribution in [2.45, 2.75) is 44.1 Å². The summed E-state index contributed by atoms with van der Waals surface area (Å²) in [4.78, 5) is 1.39. The highest BCUT2D eigenvalue weighted by Gasteiger charge is 2.34. The minimum atomic E-state index is -0.0879. The van der Waals surface area contributed by atoms with Crippen LogP contribution in [0, 0.1) is 6.92 Å². The number of thiophene rings is 1. The van der Waals surface area contributed by atoms with Crippen LogP contribution in [0.15, 0.2) is 41.8 Å². The molecule has 0 radical (unpaired) electrons. The Bertz CT molecular complexity index is 535. The first-order chi connectivity index (χ1) is 9.19. The smallest absolute Gasteiger partial charge is 0.0421 e. The van der Waals surface area contributed by atoms with Crippen molar-refractivity contribution in [2.24, 2.45) is 5.73 Å². The van der Waals surface area contributed by atoms with Gasteiger partial charge in [0.25, 0.3) is 0 Å². The minimum Gasteiger partial charge on any atom is -0.321 e. The molecule has 100 valence electrons. The number of hydrogen-bond acceptors (Lipinski definition) is 2. The summed E-state index contributed by atoms with van der Waals surface area (Å²) in [6.07, 6.45) is 4.61. The molecule has 1 aliphatic carbocycles. The molecular weight excluding hydrogens is 250 g/mol. The molecule has 0 unspecified atom stereocenters. The molecule has 0 saturated heterocycles. The van der Waals surface area contributed by atoms with Crippen molar-refractivity contribution in [3.05, 3.63) is 57.8 Å². The standard InChI is InChI=1S/C17H21NS/c1-13-16(9-12-19-13)17(18)10-7-15(8-11-17)14-5-3-2-4-6-14/h2-6,9,12,15H,7-8,10-11,18H2,1H3. The van der Waals surface area contributed by atoms with Gasteiger partial charge in [-0.15, -0.1) is 11.3 Å². The lowest BCUT2D eigenvalue weighted by Crippen LogP contribution is -2.40. The maximum absolute atomic E-state index is 6.67. The van der Waals surface area contributed by atoms with E-state index in [9.17, 15) is 0 Å². The van der Waals surface area contributed by atoms with Crippen LogP contribution >= 0.6 is 11.3 Å².